The molecule has 0 bridgehead atoms. The van der Waals surface area contributed by atoms with Gasteiger partial charge in [0.25, 0.3) is 0 Å². The molecule has 0 aromatic rings. The summed E-state index contributed by atoms with van der Waals surface area (Å²) in [7, 11) is 4.02. The molecule has 0 heterocycles. The van der Waals surface area contributed by atoms with Crippen molar-refractivity contribution in [3.05, 3.63) is 0 Å². The third kappa shape index (κ3) is 4.62. The standard InChI is InChI=1S/C15H29F3N2/c1-5-19-13(8-10-15(16,17)18)14(20(3)4)9-6-7-12(2)11-14/h12-13,19H,5-11H2,1-4H3. The largest absolute Gasteiger partial charge is 0.389 e. The highest BCUT2D eigenvalue weighted by Crippen LogP contribution is 2.40. The third-order valence-corrected chi connectivity index (χ3v) is 4.71. The van der Waals surface area contributed by atoms with Crippen molar-refractivity contribution in [2.75, 3.05) is 20.6 Å². The van der Waals surface area contributed by atoms with Gasteiger partial charge in [0.1, 0.15) is 0 Å². The van der Waals surface area contributed by atoms with E-state index in [1.54, 1.807) is 0 Å². The average molecular weight is 294 g/mol. The molecule has 5 heteroatoms. The zero-order valence-corrected chi connectivity index (χ0v) is 13.2. The van der Waals surface area contributed by atoms with Crippen LogP contribution in [0.4, 0.5) is 13.2 Å². The molecule has 1 aliphatic rings. The second kappa shape index (κ2) is 7.12. The number of alkyl halides is 3. The van der Waals surface area contributed by atoms with E-state index in [2.05, 4.69) is 17.1 Å². The Labute approximate surface area is 121 Å². The van der Waals surface area contributed by atoms with Crippen molar-refractivity contribution < 1.29 is 13.2 Å². The Morgan fingerprint density at radius 1 is 1.35 bits per heavy atom. The molecule has 1 rings (SSSR count). The first-order valence-corrected chi connectivity index (χ1v) is 7.69. The molecule has 0 spiro atoms. The number of rotatable bonds is 6. The SMILES string of the molecule is CCNC(CCC(F)(F)F)C1(N(C)C)CCCC(C)C1. The van der Waals surface area contributed by atoms with Gasteiger partial charge >= 0.3 is 6.18 Å². The molecule has 1 fully saturated rings. The number of hydrogen-bond donors (Lipinski definition) is 1. The lowest BCUT2D eigenvalue weighted by Gasteiger charge is -2.50. The van der Waals surface area contributed by atoms with Crippen molar-refractivity contribution in [3.8, 4) is 0 Å². The summed E-state index contributed by atoms with van der Waals surface area (Å²) in [5, 5.41) is 3.33. The molecule has 0 radical (unpaired) electrons. The summed E-state index contributed by atoms with van der Waals surface area (Å²) in [5.74, 6) is 0.582. The molecule has 1 saturated carbocycles. The molecule has 0 aromatic heterocycles. The summed E-state index contributed by atoms with van der Waals surface area (Å²) < 4.78 is 37.8. The van der Waals surface area contributed by atoms with E-state index in [-0.39, 0.29) is 18.0 Å². The van der Waals surface area contributed by atoms with E-state index in [4.69, 9.17) is 0 Å². The molecular weight excluding hydrogens is 265 g/mol. The molecule has 3 unspecified atom stereocenters. The van der Waals surface area contributed by atoms with Crippen molar-refractivity contribution in [2.24, 2.45) is 5.92 Å². The number of hydrogen-bond acceptors (Lipinski definition) is 2. The van der Waals surface area contributed by atoms with Crippen molar-refractivity contribution in [2.45, 2.75) is 70.1 Å². The quantitative estimate of drug-likeness (QED) is 0.801. The summed E-state index contributed by atoms with van der Waals surface area (Å²) in [6, 6.07) is -0.0909. The lowest BCUT2D eigenvalue weighted by Crippen LogP contribution is -2.61. The van der Waals surface area contributed by atoms with Gasteiger partial charge in [0.15, 0.2) is 0 Å². The van der Waals surface area contributed by atoms with Crippen LogP contribution in [0, 0.1) is 5.92 Å². The minimum Gasteiger partial charge on any atom is -0.312 e. The summed E-state index contributed by atoms with van der Waals surface area (Å²) in [5.41, 5.74) is -0.140. The van der Waals surface area contributed by atoms with Crippen LogP contribution in [0.25, 0.3) is 0 Å². The first-order valence-electron chi connectivity index (χ1n) is 7.69. The predicted molar refractivity (Wildman–Crippen MR) is 76.8 cm³/mol. The average Bonchev–Trinajstić information content (AvgIpc) is 2.32. The molecule has 0 saturated heterocycles. The van der Waals surface area contributed by atoms with E-state index >= 15 is 0 Å². The van der Waals surface area contributed by atoms with Gasteiger partial charge in [-0.15, -0.1) is 0 Å². The van der Waals surface area contributed by atoms with Crippen LogP contribution in [0.1, 0.15) is 52.4 Å². The third-order valence-electron chi connectivity index (χ3n) is 4.71. The van der Waals surface area contributed by atoms with E-state index in [1.807, 2.05) is 21.0 Å². The van der Waals surface area contributed by atoms with Crippen LogP contribution in [0.3, 0.4) is 0 Å². The molecule has 0 aliphatic heterocycles. The van der Waals surface area contributed by atoms with Gasteiger partial charge in [-0.2, -0.15) is 13.2 Å². The molecule has 120 valence electrons. The van der Waals surface area contributed by atoms with Gasteiger partial charge in [-0.25, -0.2) is 0 Å². The van der Waals surface area contributed by atoms with Crippen LogP contribution in [-0.2, 0) is 0 Å². The minimum absolute atomic E-state index is 0.0909. The topological polar surface area (TPSA) is 15.3 Å². The molecule has 20 heavy (non-hydrogen) atoms. The number of likely N-dealkylation sites (N-methyl/N-ethyl adjacent to an activating group) is 2. The van der Waals surface area contributed by atoms with Crippen LogP contribution in [0.2, 0.25) is 0 Å². The first kappa shape index (κ1) is 17.8. The summed E-state index contributed by atoms with van der Waals surface area (Å²) in [4.78, 5) is 2.16. The maximum Gasteiger partial charge on any atom is 0.389 e. The minimum atomic E-state index is -4.07. The van der Waals surface area contributed by atoms with Crippen LogP contribution in [0.5, 0.6) is 0 Å². The first-order chi connectivity index (χ1) is 9.21. The molecule has 1 N–H and O–H groups in total. The van der Waals surface area contributed by atoms with E-state index in [0.29, 0.717) is 12.5 Å². The van der Waals surface area contributed by atoms with Gasteiger partial charge in [-0.05, 0) is 45.8 Å². The highest BCUT2D eigenvalue weighted by atomic mass is 19.4. The molecule has 0 amide bonds. The second-order valence-electron chi connectivity index (χ2n) is 6.46. The van der Waals surface area contributed by atoms with Gasteiger partial charge in [-0.3, -0.25) is 0 Å². The van der Waals surface area contributed by atoms with Crippen LogP contribution in [0.15, 0.2) is 0 Å². The molecule has 2 nitrogen and oxygen atoms in total. The van der Waals surface area contributed by atoms with E-state index in [1.165, 1.54) is 6.42 Å². The molecule has 0 aromatic carbocycles. The Bertz CT molecular complexity index is 291. The summed E-state index contributed by atoms with van der Waals surface area (Å²) in [6.45, 7) is 4.90. The lowest BCUT2D eigenvalue weighted by molar-refractivity contribution is -0.139. The molecule has 1 aliphatic carbocycles. The van der Waals surface area contributed by atoms with Gasteiger partial charge in [0.2, 0.25) is 0 Å². The Morgan fingerprint density at radius 2 is 2.00 bits per heavy atom. The fraction of sp³-hybridized carbons (Fsp3) is 1.00. The van der Waals surface area contributed by atoms with Crippen LogP contribution in [-0.4, -0.2) is 43.3 Å². The zero-order chi connectivity index (χ0) is 15.4. The van der Waals surface area contributed by atoms with E-state index in [9.17, 15) is 13.2 Å². The fourth-order valence-corrected chi connectivity index (χ4v) is 3.71. The predicted octanol–water partition coefficient (Wildman–Crippen LogP) is 3.82. The fourth-order valence-electron chi connectivity index (χ4n) is 3.71. The Kier molecular flexibility index (Phi) is 6.32. The van der Waals surface area contributed by atoms with Crippen LogP contribution >= 0.6 is 0 Å². The van der Waals surface area contributed by atoms with Gasteiger partial charge in [-0.1, -0.05) is 26.7 Å². The molecule has 3 atom stereocenters. The highest BCUT2D eigenvalue weighted by Gasteiger charge is 2.44. The van der Waals surface area contributed by atoms with Gasteiger partial charge in [0.05, 0.1) is 0 Å². The van der Waals surface area contributed by atoms with Gasteiger partial charge < -0.3 is 10.2 Å². The Morgan fingerprint density at radius 3 is 2.45 bits per heavy atom. The highest BCUT2D eigenvalue weighted by molar-refractivity contribution is 5.01. The Balaban J connectivity index is 2.87. The monoisotopic (exact) mass is 294 g/mol. The van der Waals surface area contributed by atoms with Crippen LogP contribution < -0.4 is 5.32 Å². The van der Waals surface area contributed by atoms with E-state index < -0.39 is 12.6 Å². The zero-order valence-electron chi connectivity index (χ0n) is 13.2. The van der Waals surface area contributed by atoms with Crippen molar-refractivity contribution in [1.82, 2.24) is 10.2 Å². The maximum absolute atomic E-state index is 12.6. The number of nitrogens with one attached hydrogen (secondary N) is 1. The van der Waals surface area contributed by atoms with Crippen molar-refractivity contribution in [1.29, 1.82) is 0 Å². The van der Waals surface area contributed by atoms with Crippen molar-refractivity contribution >= 4 is 0 Å². The molecular formula is C15H29F3N2. The Hall–Kier alpha value is -0.290. The van der Waals surface area contributed by atoms with E-state index in [0.717, 1.165) is 19.3 Å². The number of halogens is 3. The normalized spacial score (nSPS) is 29.7. The second-order valence-corrected chi connectivity index (χ2v) is 6.46. The summed E-state index contributed by atoms with van der Waals surface area (Å²) in [6.07, 6.45) is -0.339. The smallest absolute Gasteiger partial charge is 0.312 e. The van der Waals surface area contributed by atoms with Gasteiger partial charge in [0, 0.05) is 18.0 Å². The van der Waals surface area contributed by atoms with Crippen molar-refractivity contribution in [3.63, 3.8) is 0 Å². The summed E-state index contributed by atoms with van der Waals surface area (Å²) >= 11 is 0. The maximum atomic E-state index is 12.6. The number of nitrogens with zero attached hydrogens (tertiary/aromatic N) is 1. The lowest BCUT2D eigenvalue weighted by atomic mass is 9.70.